The summed E-state index contributed by atoms with van der Waals surface area (Å²) in [5.74, 6) is 2.40. The molecule has 0 radical (unpaired) electrons. The minimum Gasteiger partial charge on any atom is -0.494 e. The Morgan fingerprint density at radius 3 is 2.84 bits per heavy atom. The molecule has 136 valence electrons. The number of aromatic nitrogens is 1. The summed E-state index contributed by atoms with van der Waals surface area (Å²) in [5, 5.41) is 11.1. The number of rotatable bonds is 8. The van der Waals surface area contributed by atoms with Gasteiger partial charge in [0.2, 0.25) is 0 Å². The van der Waals surface area contributed by atoms with Gasteiger partial charge in [0.15, 0.2) is 5.76 Å². The largest absolute Gasteiger partial charge is 0.494 e. The maximum Gasteiger partial charge on any atom is 0.150 e. The standard InChI is InChI=1S/C20H29N3O2/c1-3-10-24-18-5-4-17(15(2)11-18)13-22-14-19-12-20(23-25-19)16-6-8-21-9-7-16/h4-5,11-12,16,21-22H,3,6-10,13-14H2,1-2H3. The molecule has 2 N–H and O–H groups in total. The van der Waals surface area contributed by atoms with Crippen LogP contribution in [0.1, 0.15) is 54.7 Å². The highest BCUT2D eigenvalue weighted by molar-refractivity contribution is 5.34. The molecule has 0 aliphatic carbocycles. The van der Waals surface area contributed by atoms with Gasteiger partial charge in [0.25, 0.3) is 0 Å². The van der Waals surface area contributed by atoms with Crippen molar-refractivity contribution in [2.24, 2.45) is 0 Å². The van der Waals surface area contributed by atoms with Gasteiger partial charge in [0.05, 0.1) is 18.8 Å². The summed E-state index contributed by atoms with van der Waals surface area (Å²) in [7, 11) is 0. The number of nitrogens with zero attached hydrogens (tertiary/aromatic N) is 1. The second-order valence-corrected chi connectivity index (χ2v) is 6.78. The summed E-state index contributed by atoms with van der Waals surface area (Å²) >= 11 is 0. The van der Waals surface area contributed by atoms with E-state index < -0.39 is 0 Å². The van der Waals surface area contributed by atoms with Crippen molar-refractivity contribution in [3.8, 4) is 5.75 Å². The number of benzene rings is 1. The van der Waals surface area contributed by atoms with Crippen molar-refractivity contribution in [2.45, 2.75) is 52.1 Å². The summed E-state index contributed by atoms with van der Waals surface area (Å²) in [6, 6.07) is 8.39. The van der Waals surface area contributed by atoms with E-state index in [9.17, 15) is 0 Å². The predicted octanol–water partition coefficient (Wildman–Crippen LogP) is 3.53. The van der Waals surface area contributed by atoms with Crippen LogP contribution in [0.2, 0.25) is 0 Å². The third-order valence-corrected chi connectivity index (χ3v) is 4.74. The Hall–Kier alpha value is -1.85. The van der Waals surface area contributed by atoms with Crippen molar-refractivity contribution in [1.29, 1.82) is 0 Å². The number of piperidine rings is 1. The molecule has 25 heavy (non-hydrogen) atoms. The monoisotopic (exact) mass is 343 g/mol. The Morgan fingerprint density at radius 1 is 1.24 bits per heavy atom. The lowest BCUT2D eigenvalue weighted by Gasteiger charge is -2.19. The molecule has 0 amide bonds. The highest BCUT2D eigenvalue weighted by Gasteiger charge is 2.18. The van der Waals surface area contributed by atoms with Gasteiger partial charge in [0, 0.05) is 18.5 Å². The Labute approximate surface area is 150 Å². The molecule has 1 aliphatic rings. The van der Waals surface area contributed by atoms with E-state index in [4.69, 9.17) is 9.26 Å². The molecule has 2 heterocycles. The Balaban J connectivity index is 1.48. The van der Waals surface area contributed by atoms with Crippen molar-refractivity contribution in [3.63, 3.8) is 0 Å². The van der Waals surface area contributed by atoms with Gasteiger partial charge < -0.3 is 19.9 Å². The molecule has 0 unspecified atom stereocenters. The van der Waals surface area contributed by atoms with E-state index in [0.29, 0.717) is 12.5 Å². The second kappa shape index (κ2) is 9.02. The van der Waals surface area contributed by atoms with Crippen LogP contribution >= 0.6 is 0 Å². The molecule has 0 saturated carbocycles. The van der Waals surface area contributed by atoms with Crippen LogP contribution in [0, 0.1) is 6.92 Å². The van der Waals surface area contributed by atoms with Gasteiger partial charge >= 0.3 is 0 Å². The minimum atomic E-state index is 0.539. The van der Waals surface area contributed by atoms with Crippen LogP contribution in [0.15, 0.2) is 28.8 Å². The molecule has 1 aromatic carbocycles. The molecule has 1 aromatic heterocycles. The van der Waals surface area contributed by atoms with E-state index >= 15 is 0 Å². The molecule has 2 aromatic rings. The van der Waals surface area contributed by atoms with E-state index in [1.54, 1.807) is 0 Å². The average molecular weight is 343 g/mol. The Morgan fingerprint density at radius 2 is 2.08 bits per heavy atom. The molecular weight excluding hydrogens is 314 g/mol. The highest BCUT2D eigenvalue weighted by Crippen LogP contribution is 2.24. The van der Waals surface area contributed by atoms with Crippen molar-refractivity contribution in [2.75, 3.05) is 19.7 Å². The third kappa shape index (κ3) is 5.06. The average Bonchev–Trinajstić information content (AvgIpc) is 3.11. The van der Waals surface area contributed by atoms with Crippen LogP contribution in [0.4, 0.5) is 0 Å². The fraction of sp³-hybridized carbons (Fsp3) is 0.550. The molecule has 1 saturated heterocycles. The van der Waals surface area contributed by atoms with Gasteiger partial charge in [-0.05, 0) is 62.5 Å². The van der Waals surface area contributed by atoms with Crippen LogP contribution in [0.3, 0.4) is 0 Å². The number of hydrogen-bond acceptors (Lipinski definition) is 5. The van der Waals surface area contributed by atoms with Crippen LogP contribution in [0.25, 0.3) is 0 Å². The van der Waals surface area contributed by atoms with E-state index in [2.05, 4.69) is 47.8 Å². The quantitative estimate of drug-likeness (QED) is 0.768. The van der Waals surface area contributed by atoms with Crippen LogP contribution in [-0.4, -0.2) is 24.9 Å². The maximum absolute atomic E-state index is 5.68. The fourth-order valence-corrected chi connectivity index (χ4v) is 3.22. The number of hydrogen-bond donors (Lipinski definition) is 2. The first-order valence-corrected chi connectivity index (χ1v) is 9.35. The summed E-state index contributed by atoms with van der Waals surface area (Å²) in [6.45, 7) is 8.66. The molecular formula is C20H29N3O2. The van der Waals surface area contributed by atoms with Gasteiger partial charge in [-0.15, -0.1) is 0 Å². The first-order valence-electron chi connectivity index (χ1n) is 9.35. The fourth-order valence-electron chi connectivity index (χ4n) is 3.22. The Bertz CT molecular complexity index is 663. The predicted molar refractivity (Wildman–Crippen MR) is 98.9 cm³/mol. The van der Waals surface area contributed by atoms with E-state index in [1.807, 2.05) is 6.07 Å². The van der Waals surface area contributed by atoms with Gasteiger partial charge in [-0.3, -0.25) is 0 Å². The van der Waals surface area contributed by atoms with Crippen LogP contribution in [-0.2, 0) is 13.1 Å². The zero-order valence-electron chi connectivity index (χ0n) is 15.3. The summed E-state index contributed by atoms with van der Waals surface area (Å²) in [5.41, 5.74) is 3.63. The number of aryl methyl sites for hydroxylation is 1. The van der Waals surface area contributed by atoms with Gasteiger partial charge in [-0.2, -0.15) is 0 Å². The molecule has 1 aliphatic heterocycles. The molecule has 5 heteroatoms. The highest BCUT2D eigenvalue weighted by atomic mass is 16.5. The molecule has 1 fully saturated rings. The first-order chi connectivity index (χ1) is 12.3. The number of nitrogens with one attached hydrogen (secondary N) is 2. The van der Waals surface area contributed by atoms with Gasteiger partial charge in [0.1, 0.15) is 5.75 Å². The lowest BCUT2D eigenvalue weighted by molar-refractivity contribution is 0.317. The SMILES string of the molecule is CCCOc1ccc(CNCc2cc(C3CCNCC3)no2)c(C)c1. The normalized spacial score (nSPS) is 15.4. The third-order valence-electron chi connectivity index (χ3n) is 4.74. The maximum atomic E-state index is 5.68. The van der Waals surface area contributed by atoms with E-state index in [-0.39, 0.29) is 0 Å². The van der Waals surface area contributed by atoms with E-state index in [0.717, 1.165) is 62.7 Å². The molecule has 3 rings (SSSR count). The van der Waals surface area contributed by atoms with E-state index in [1.165, 1.54) is 11.1 Å². The second-order valence-electron chi connectivity index (χ2n) is 6.78. The zero-order valence-corrected chi connectivity index (χ0v) is 15.3. The summed E-state index contributed by atoms with van der Waals surface area (Å²) in [6.07, 6.45) is 3.31. The van der Waals surface area contributed by atoms with Crippen LogP contribution < -0.4 is 15.4 Å². The van der Waals surface area contributed by atoms with Gasteiger partial charge in [-0.1, -0.05) is 18.1 Å². The van der Waals surface area contributed by atoms with Crippen molar-refractivity contribution >= 4 is 0 Å². The lowest BCUT2D eigenvalue weighted by Crippen LogP contribution is -2.26. The summed E-state index contributed by atoms with van der Waals surface area (Å²) in [4.78, 5) is 0. The molecule has 0 atom stereocenters. The Kier molecular flexibility index (Phi) is 6.48. The molecule has 5 nitrogen and oxygen atoms in total. The molecule has 0 bridgehead atoms. The summed E-state index contributed by atoms with van der Waals surface area (Å²) < 4.78 is 11.2. The minimum absolute atomic E-state index is 0.539. The molecule has 0 spiro atoms. The van der Waals surface area contributed by atoms with Gasteiger partial charge in [-0.25, -0.2) is 0 Å². The van der Waals surface area contributed by atoms with Crippen molar-refractivity contribution in [1.82, 2.24) is 15.8 Å². The zero-order chi connectivity index (χ0) is 17.5. The smallest absolute Gasteiger partial charge is 0.150 e. The lowest BCUT2D eigenvalue weighted by atomic mass is 9.95. The number of ether oxygens (including phenoxy) is 1. The van der Waals surface area contributed by atoms with Crippen LogP contribution in [0.5, 0.6) is 5.75 Å². The van der Waals surface area contributed by atoms with Crippen molar-refractivity contribution < 1.29 is 9.26 Å². The first kappa shape index (κ1) is 18.0. The topological polar surface area (TPSA) is 59.3 Å². The van der Waals surface area contributed by atoms with Crippen molar-refractivity contribution in [3.05, 3.63) is 46.8 Å².